The van der Waals surface area contributed by atoms with Crippen molar-refractivity contribution in [2.75, 3.05) is 18.2 Å². The van der Waals surface area contributed by atoms with Crippen LogP contribution >= 0.6 is 0 Å². The Kier molecular flexibility index (Phi) is 3.57. The molecule has 0 aliphatic rings. The molecular formula is C12H15N5O. The highest BCUT2D eigenvalue weighted by atomic mass is 16.5. The van der Waals surface area contributed by atoms with E-state index in [1.807, 2.05) is 25.1 Å². The first-order valence-electron chi connectivity index (χ1n) is 5.55. The first-order valence-corrected chi connectivity index (χ1v) is 5.55. The second-order valence-corrected chi connectivity index (χ2v) is 3.77. The van der Waals surface area contributed by atoms with Crippen LogP contribution in [0.4, 0.5) is 11.8 Å². The van der Waals surface area contributed by atoms with Gasteiger partial charge in [-0.2, -0.15) is 9.97 Å². The summed E-state index contributed by atoms with van der Waals surface area (Å²) in [5.74, 6) is 1.21. The van der Waals surface area contributed by atoms with Crippen LogP contribution in [0.3, 0.4) is 0 Å². The number of pyridine rings is 1. The van der Waals surface area contributed by atoms with Gasteiger partial charge < -0.3 is 15.8 Å². The fraction of sp³-hybridized carbons (Fsp3) is 0.250. The van der Waals surface area contributed by atoms with Gasteiger partial charge in [-0.15, -0.1) is 0 Å². The molecule has 1 unspecified atom stereocenters. The number of methoxy groups -OCH3 is 1. The molecule has 94 valence electrons. The maximum atomic E-state index is 5.59. The van der Waals surface area contributed by atoms with Crippen LogP contribution in [0.15, 0.2) is 30.5 Å². The zero-order valence-electron chi connectivity index (χ0n) is 10.3. The molecule has 0 aliphatic heterocycles. The number of nitrogens with zero attached hydrogens (tertiary/aromatic N) is 3. The van der Waals surface area contributed by atoms with Crippen molar-refractivity contribution in [2.45, 2.75) is 13.0 Å². The van der Waals surface area contributed by atoms with Crippen LogP contribution < -0.4 is 15.8 Å². The van der Waals surface area contributed by atoms with Crippen molar-refractivity contribution in [1.82, 2.24) is 15.0 Å². The van der Waals surface area contributed by atoms with Crippen molar-refractivity contribution in [3.8, 4) is 5.88 Å². The molecule has 0 aliphatic carbocycles. The molecule has 0 saturated heterocycles. The average molecular weight is 245 g/mol. The van der Waals surface area contributed by atoms with Gasteiger partial charge >= 0.3 is 0 Å². The number of hydrogen-bond acceptors (Lipinski definition) is 6. The van der Waals surface area contributed by atoms with Crippen molar-refractivity contribution in [3.05, 3.63) is 36.2 Å². The van der Waals surface area contributed by atoms with Gasteiger partial charge in [-0.05, 0) is 19.1 Å². The van der Waals surface area contributed by atoms with Crippen LogP contribution in [0.2, 0.25) is 0 Å². The van der Waals surface area contributed by atoms with E-state index >= 15 is 0 Å². The summed E-state index contributed by atoms with van der Waals surface area (Å²) in [6, 6.07) is 7.47. The van der Waals surface area contributed by atoms with Crippen molar-refractivity contribution >= 4 is 11.8 Å². The molecule has 0 radical (unpaired) electrons. The molecule has 2 aromatic rings. The Morgan fingerprint density at radius 2 is 2.17 bits per heavy atom. The highest BCUT2D eigenvalue weighted by Gasteiger charge is 2.08. The summed E-state index contributed by atoms with van der Waals surface area (Å²) in [6.07, 6.45) is 1.75. The normalized spacial score (nSPS) is 11.9. The number of nitrogens with one attached hydrogen (secondary N) is 1. The second-order valence-electron chi connectivity index (χ2n) is 3.77. The third kappa shape index (κ3) is 2.85. The minimum absolute atomic E-state index is 0.0187. The first kappa shape index (κ1) is 12.1. The minimum atomic E-state index is 0.0187. The second kappa shape index (κ2) is 5.31. The van der Waals surface area contributed by atoms with Gasteiger partial charge in [0.1, 0.15) is 5.82 Å². The number of ether oxygens (including phenoxy) is 1. The Bertz CT molecular complexity index is 517. The SMILES string of the molecule is COc1cc(NC(C)c2ccccn2)nc(N)n1. The lowest BCUT2D eigenvalue weighted by Crippen LogP contribution is -2.10. The Balaban J connectivity index is 2.16. The molecule has 6 nitrogen and oxygen atoms in total. The highest BCUT2D eigenvalue weighted by molar-refractivity contribution is 5.44. The number of nitrogens with two attached hydrogens (primary N) is 1. The van der Waals surface area contributed by atoms with Gasteiger partial charge in [0.15, 0.2) is 0 Å². The molecule has 2 rings (SSSR count). The maximum Gasteiger partial charge on any atom is 0.225 e. The summed E-state index contributed by atoms with van der Waals surface area (Å²) in [6.45, 7) is 1.99. The van der Waals surface area contributed by atoms with E-state index in [9.17, 15) is 0 Å². The Labute approximate surface area is 105 Å². The molecule has 2 aromatic heterocycles. The minimum Gasteiger partial charge on any atom is -0.481 e. The van der Waals surface area contributed by atoms with Crippen molar-refractivity contribution < 1.29 is 4.74 Å². The monoisotopic (exact) mass is 245 g/mol. The summed E-state index contributed by atoms with van der Waals surface area (Å²) < 4.78 is 5.04. The zero-order valence-corrected chi connectivity index (χ0v) is 10.3. The van der Waals surface area contributed by atoms with E-state index in [4.69, 9.17) is 10.5 Å². The number of anilines is 2. The Morgan fingerprint density at radius 3 is 2.83 bits per heavy atom. The average Bonchev–Trinajstić information content (AvgIpc) is 2.39. The Morgan fingerprint density at radius 1 is 1.33 bits per heavy atom. The number of hydrogen-bond donors (Lipinski definition) is 2. The summed E-state index contributed by atoms with van der Waals surface area (Å²) in [5.41, 5.74) is 6.52. The number of rotatable bonds is 4. The van der Waals surface area contributed by atoms with Crippen molar-refractivity contribution in [2.24, 2.45) is 0 Å². The van der Waals surface area contributed by atoms with E-state index in [0.29, 0.717) is 11.7 Å². The lowest BCUT2D eigenvalue weighted by Gasteiger charge is -2.14. The van der Waals surface area contributed by atoms with Gasteiger partial charge in [0.05, 0.1) is 18.8 Å². The van der Waals surface area contributed by atoms with Crippen LogP contribution in [0.5, 0.6) is 5.88 Å². The fourth-order valence-corrected chi connectivity index (χ4v) is 1.55. The lowest BCUT2D eigenvalue weighted by atomic mass is 10.2. The van der Waals surface area contributed by atoms with Crippen molar-refractivity contribution in [1.29, 1.82) is 0 Å². The molecule has 6 heteroatoms. The molecule has 0 amide bonds. The van der Waals surface area contributed by atoms with Crippen LogP contribution in [0.25, 0.3) is 0 Å². The summed E-state index contributed by atoms with van der Waals surface area (Å²) in [5, 5.41) is 3.20. The topological polar surface area (TPSA) is 86.0 Å². The lowest BCUT2D eigenvalue weighted by molar-refractivity contribution is 0.398. The summed E-state index contributed by atoms with van der Waals surface area (Å²) in [7, 11) is 1.54. The molecule has 1 atom stereocenters. The van der Waals surface area contributed by atoms with E-state index in [0.717, 1.165) is 5.69 Å². The van der Waals surface area contributed by atoms with Crippen LogP contribution in [0, 0.1) is 0 Å². The maximum absolute atomic E-state index is 5.59. The quantitative estimate of drug-likeness (QED) is 0.851. The van der Waals surface area contributed by atoms with E-state index in [1.165, 1.54) is 7.11 Å². The van der Waals surface area contributed by atoms with Gasteiger partial charge in [-0.25, -0.2) is 0 Å². The molecule has 0 aromatic carbocycles. The Hall–Kier alpha value is -2.37. The van der Waals surface area contributed by atoms with E-state index in [2.05, 4.69) is 20.3 Å². The van der Waals surface area contributed by atoms with E-state index in [-0.39, 0.29) is 12.0 Å². The van der Waals surface area contributed by atoms with Gasteiger partial charge in [0, 0.05) is 12.3 Å². The van der Waals surface area contributed by atoms with Crippen molar-refractivity contribution in [3.63, 3.8) is 0 Å². The molecule has 18 heavy (non-hydrogen) atoms. The third-order valence-electron chi connectivity index (χ3n) is 2.42. The van der Waals surface area contributed by atoms with Crippen LogP contribution in [-0.4, -0.2) is 22.1 Å². The third-order valence-corrected chi connectivity index (χ3v) is 2.42. The molecule has 0 saturated carbocycles. The smallest absolute Gasteiger partial charge is 0.225 e. The predicted octanol–water partition coefficient (Wildman–Crippen LogP) is 1.64. The predicted molar refractivity (Wildman–Crippen MR) is 69.3 cm³/mol. The van der Waals surface area contributed by atoms with Gasteiger partial charge in [-0.1, -0.05) is 6.07 Å². The fourth-order valence-electron chi connectivity index (χ4n) is 1.55. The van der Waals surface area contributed by atoms with Gasteiger partial charge in [-0.3, -0.25) is 4.98 Å². The molecule has 3 N–H and O–H groups in total. The summed E-state index contributed by atoms with van der Waals surface area (Å²) >= 11 is 0. The van der Waals surface area contributed by atoms with Crippen LogP contribution in [0.1, 0.15) is 18.7 Å². The number of nitrogen functional groups attached to an aromatic ring is 1. The molecule has 0 fully saturated rings. The summed E-state index contributed by atoms with van der Waals surface area (Å²) in [4.78, 5) is 12.3. The largest absolute Gasteiger partial charge is 0.481 e. The molecule has 2 heterocycles. The molecule has 0 spiro atoms. The van der Waals surface area contributed by atoms with E-state index in [1.54, 1.807) is 12.3 Å². The first-order chi connectivity index (χ1) is 8.69. The van der Waals surface area contributed by atoms with Gasteiger partial charge in [0.25, 0.3) is 0 Å². The van der Waals surface area contributed by atoms with E-state index < -0.39 is 0 Å². The van der Waals surface area contributed by atoms with Gasteiger partial charge in [0.2, 0.25) is 11.8 Å². The standard InChI is InChI=1S/C12H15N5O/c1-8(9-5-3-4-6-14-9)15-10-7-11(18-2)17-12(13)16-10/h3-8H,1-2H3,(H3,13,15,16,17). The van der Waals surface area contributed by atoms with Crippen LogP contribution in [-0.2, 0) is 0 Å². The highest BCUT2D eigenvalue weighted by Crippen LogP contribution is 2.19. The molecule has 0 bridgehead atoms. The number of aromatic nitrogens is 3. The zero-order chi connectivity index (χ0) is 13.0. The molecular weight excluding hydrogens is 230 g/mol.